The van der Waals surface area contributed by atoms with Crippen LogP contribution in [0.5, 0.6) is 0 Å². The number of carbonyl (C=O) groups excluding carboxylic acids is 1. The van der Waals surface area contributed by atoms with E-state index in [1.165, 1.54) is 0 Å². The van der Waals surface area contributed by atoms with E-state index in [-0.39, 0.29) is 0 Å². The van der Waals surface area contributed by atoms with Crippen LogP contribution in [0, 0.1) is 6.92 Å². The number of rotatable bonds is 4. The summed E-state index contributed by atoms with van der Waals surface area (Å²) in [4.78, 5) is 11.6. The zero-order chi connectivity index (χ0) is 15.4. The Morgan fingerprint density at radius 2 is 1.90 bits per heavy atom. The molecule has 108 valence electrons. The summed E-state index contributed by atoms with van der Waals surface area (Å²) in [6.45, 7) is 5.75. The third kappa shape index (κ3) is 2.79. The van der Waals surface area contributed by atoms with E-state index in [1.807, 2.05) is 69.3 Å². The quantitative estimate of drug-likeness (QED) is 0.873. The molecule has 0 atom stereocenters. The normalized spacial score (nSPS) is 12.0. The topological polar surface area (TPSA) is 60.9 Å². The number of allylic oxidation sites excluding steroid dienone is 4. The van der Waals surface area contributed by atoms with E-state index in [1.54, 1.807) is 4.68 Å². The smallest absolute Gasteiger partial charge is 0.269 e. The van der Waals surface area contributed by atoms with E-state index in [2.05, 4.69) is 5.10 Å². The number of hydrogen-bond acceptors (Lipinski definition) is 2. The molecule has 0 saturated heterocycles. The Labute approximate surface area is 124 Å². The second kappa shape index (κ2) is 6.22. The maximum Gasteiger partial charge on any atom is 0.269 e. The zero-order valence-corrected chi connectivity index (χ0v) is 12.5. The predicted octanol–water partition coefficient (Wildman–Crippen LogP) is 3.39. The van der Waals surface area contributed by atoms with Crippen molar-refractivity contribution in [2.75, 3.05) is 0 Å². The van der Waals surface area contributed by atoms with Gasteiger partial charge >= 0.3 is 0 Å². The summed E-state index contributed by atoms with van der Waals surface area (Å²) in [5.74, 6) is -0.514. The lowest BCUT2D eigenvalue weighted by Crippen LogP contribution is -2.13. The molecule has 1 amide bonds. The summed E-state index contributed by atoms with van der Waals surface area (Å²) in [6.07, 6.45) is 5.83. The molecule has 4 nitrogen and oxygen atoms in total. The molecule has 0 fully saturated rings. The molecule has 0 aliphatic carbocycles. The van der Waals surface area contributed by atoms with Crippen molar-refractivity contribution in [2.45, 2.75) is 20.8 Å². The van der Waals surface area contributed by atoms with Crippen molar-refractivity contribution in [3.8, 4) is 11.3 Å². The van der Waals surface area contributed by atoms with Crippen molar-refractivity contribution >= 4 is 11.6 Å². The first-order chi connectivity index (χ1) is 10.1. The Morgan fingerprint density at radius 1 is 1.24 bits per heavy atom. The van der Waals surface area contributed by atoms with Crippen molar-refractivity contribution in [3.63, 3.8) is 0 Å². The lowest BCUT2D eigenvalue weighted by molar-refractivity contribution is 0.0994. The van der Waals surface area contributed by atoms with E-state index >= 15 is 0 Å². The number of aromatic nitrogens is 2. The highest BCUT2D eigenvalue weighted by atomic mass is 16.1. The molecule has 0 saturated carbocycles. The van der Waals surface area contributed by atoms with Crippen LogP contribution in [0.3, 0.4) is 0 Å². The zero-order valence-electron chi connectivity index (χ0n) is 12.5. The third-order valence-electron chi connectivity index (χ3n) is 3.28. The van der Waals surface area contributed by atoms with E-state index in [9.17, 15) is 4.79 Å². The average molecular weight is 281 g/mol. The second-order valence-corrected chi connectivity index (χ2v) is 4.68. The molecule has 1 aromatic heterocycles. The van der Waals surface area contributed by atoms with Crippen LogP contribution in [0.1, 0.15) is 29.9 Å². The van der Waals surface area contributed by atoms with Gasteiger partial charge in [-0.2, -0.15) is 5.10 Å². The first-order valence-corrected chi connectivity index (χ1v) is 6.84. The molecule has 4 heteroatoms. The number of carbonyl (C=O) groups is 1. The first kappa shape index (κ1) is 14.8. The molecule has 0 spiro atoms. The molecule has 2 N–H and O–H groups in total. The summed E-state index contributed by atoms with van der Waals surface area (Å²) in [5.41, 5.74) is 9.31. The lowest BCUT2D eigenvalue weighted by atomic mass is 10.1. The summed E-state index contributed by atoms with van der Waals surface area (Å²) >= 11 is 0. The molecular formula is C17H19N3O. The van der Waals surface area contributed by atoms with Gasteiger partial charge in [0.05, 0.1) is 11.4 Å². The van der Waals surface area contributed by atoms with Crippen molar-refractivity contribution in [1.82, 2.24) is 9.78 Å². The Hall–Kier alpha value is -2.62. The fraction of sp³-hybridized carbons (Fsp3) is 0.176. The minimum atomic E-state index is -0.514. The van der Waals surface area contributed by atoms with Crippen molar-refractivity contribution in [2.24, 2.45) is 5.73 Å². The predicted molar refractivity (Wildman–Crippen MR) is 85.7 cm³/mol. The largest absolute Gasteiger partial charge is 0.364 e. The lowest BCUT2D eigenvalue weighted by Gasteiger charge is -2.09. The number of hydrogen-bond donors (Lipinski definition) is 1. The molecule has 0 aliphatic heterocycles. The van der Waals surface area contributed by atoms with Gasteiger partial charge in [-0.1, -0.05) is 42.5 Å². The van der Waals surface area contributed by atoms with Crippen LogP contribution in [0.25, 0.3) is 17.0 Å². The minimum Gasteiger partial charge on any atom is -0.364 e. The van der Waals surface area contributed by atoms with Crippen molar-refractivity contribution < 1.29 is 4.79 Å². The summed E-state index contributed by atoms with van der Waals surface area (Å²) in [5, 5.41) is 4.40. The molecule has 21 heavy (non-hydrogen) atoms. The molecule has 1 heterocycles. The number of primary amides is 1. The van der Waals surface area contributed by atoms with E-state index < -0.39 is 5.91 Å². The van der Waals surface area contributed by atoms with E-state index in [4.69, 9.17) is 5.73 Å². The minimum absolute atomic E-state index is 0.303. The molecular weight excluding hydrogens is 262 g/mol. The van der Waals surface area contributed by atoms with Crippen LogP contribution in [0.4, 0.5) is 0 Å². The summed E-state index contributed by atoms with van der Waals surface area (Å²) < 4.78 is 1.77. The van der Waals surface area contributed by atoms with Gasteiger partial charge in [-0.05, 0) is 26.8 Å². The molecule has 0 bridgehead atoms. The number of nitrogens with zero attached hydrogens (tertiary/aromatic N) is 2. The highest BCUT2D eigenvalue weighted by Gasteiger charge is 2.20. The van der Waals surface area contributed by atoms with Gasteiger partial charge in [0.15, 0.2) is 5.69 Å². The second-order valence-electron chi connectivity index (χ2n) is 4.68. The van der Waals surface area contributed by atoms with E-state index in [0.29, 0.717) is 5.69 Å². The van der Waals surface area contributed by atoms with Gasteiger partial charge in [0.25, 0.3) is 5.91 Å². The first-order valence-electron chi connectivity index (χ1n) is 6.84. The number of nitrogens with two attached hydrogens (primary N) is 1. The maximum absolute atomic E-state index is 11.6. The Morgan fingerprint density at radius 3 is 2.43 bits per heavy atom. The number of benzene rings is 1. The molecule has 1 aromatic carbocycles. The molecule has 2 rings (SSSR count). The number of amides is 1. The van der Waals surface area contributed by atoms with Gasteiger partial charge in [0.2, 0.25) is 0 Å². The maximum atomic E-state index is 11.6. The average Bonchev–Trinajstić information content (AvgIpc) is 2.83. The highest BCUT2D eigenvalue weighted by molar-refractivity contribution is 5.94. The van der Waals surface area contributed by atoms with Gasteiger partial charge in [0.1, 0.15) is 0 Å². The molecule has 2 aromatic rings. The van der Waals surface area contributed by atoms with Gasteiger partial charge in [-0.15, -0.1) is 0 Å². The Bertz CT molecular complexity index is 709. The van der Waals surface area contributed by atoms with Crippen LogP contribution >= 0.6 is 0 Å². The fourth-order valence-electron chi connectivity index (χ4n) is 2.31. The van der Waals surface area contributed by atoms with Crippen LogP contribution in [0.2, 0.25) is 0 Å². The SMILES string of the molecule is C/C=C\C(=C/C)n1nc(C(N)=O)c(C)c1-c1ccccc1. The van der Waals surface area contributed by atoms with Crippen LogP contribution in [-0.4, -0.2) is 15.7 Å². The standard InChI is InChI=1S/C17H19N3O/c1-4-9-14(5-2)20-16(13-10-7-6-8-11-13)12(3)15(19-20)17(18)21/h4-11H,1-3H3,(H2,18,21)/b9-4-,14-5+. The van der Waals surface area contributed by atoms with Crippen LogP contribution in [-0.2, 0) is 0 Å². The molecule has 0 radical (unpaired) electrons. The van der Waals surface area contributed by atoms with Crippen LogP contribution in [0.15, 0.2) is 48.6 Å². The molecule has 0 aliphatic rings. The van der Waals surface area contributed by atoms with Crippen LogP contribution < -0.4 is 5.73 Å². The van der Waals surface area contributed by atoms with Gasteiger partial charge in [-0.25, -0.2) is 4.68 Å². The fourth-order valence-corrected chi connectivity index (χ4v) is 2.31. The van der Waals surface area contributed by atoms with E-state index in [0.717, 1.165) is 22.5 Å². The Balaban J connectivity index is 2.75. The van der Waals surface area contributed by atoms with Gasteiger partial charge in [0, 0.05) is 11.1 Å². The Kier molecular flexibility index (Phi) is 4.38. The highest BCUT2D eigenvalue weighted by Crippen LogP contribution is 2.28. The third-order valence-corrected chi connectivity index (χ3v) is 3.28. The summed E-state index contributed by atoms with van der Waals surface area (Å²) in [6, 6.07) is 9.86. The van der Waals surface area contributed by atoms with Gasteiger partial charge < -0.3 is 5.73 Å². The van der Waals surface area contributed by atoms with Gasteiger partial charge in [-0.3, -0.25) is 4.79 Å². The monoisotopic (exact) mass is 281 g/mol. The van der Waals surface area contributed by atoms with Crippen molar-refractivity contribution in [1.29, 1.82) is 0 Å². The van der Waals surface area contributed by atoms with Crippen molar-refractivity contribution in [3.05, 3.63) is 59.8 Å². The molecule has 0 unspecified atom stereocenters. The summed E-state index contributed by atoms with van der Waals surface area (Å²) in [7, 11) is 0.